The van der Waals surface area contributed by atoms with E-state index in [1.54, 1.807) is 0 Å². The minimum Gasteiger partial charge on any atom is -0.388 e. The SMILES string of the molecule is Cc1ccccc1C(=O)NCC[C@@H](O)c1cccc2ccccc12. The van der Waals surface area contributed by atoms with Crippen molar-refractivity contribution in [3.63, 3.8) is 0 Å². The molecule has 0 aliphatic carbocycles. The van der Waals surface area contributed by atoms with E-state index in [1.807, 2.05) is 73.7 Å². The van der Waals surface area contributed by atoms with Crippen molar-refractivity contribution in [3.8, 4) is 0 Å². The second-order valence-electron chi connectivity index (χ2n) is 5.94. The number of fused-ring (bicyclic) bond motifs is 1. The molecule has 1 amide bonds. The molecule has 0 fully saturated rings. The normalized spacial score (nSPS) is 12.1. The number of rotatable bonds is 5. The maximum Gasteiger partial charge on any atom is 0.251 e. The van der Waals surface area contributed by atoms with Crippen LogP contribution < -0.4 is 5.32 Å². The van der Waals surface area contributed by atoms with Crippen LogP contribution in [0.25, 0.3) is 10.8 Å². The van der Waals surface area contributed by atoms with Gasteiger partial charge in [-0.1, -0.05) is 60.7 Å². The van der Waals surface area contributed by atoms with Crippen LogP contribution in [0, 0.1) is 6.92 Å². The van der Waals surface area contributed by atoms with Crippen LogP contribution in [0.4, 0.5) is 0 Å². The molecule has 3 heteroatoms. The number of nitrogens with one attached hydrogen (secondary N) is 1. The Morgan fingerprint density at radius 1 is 1.00 bits per heavy atom. The highest BCUT2D eigenvalue weighted by molar-refractivity contribution is 5.95. The van der Waals surface area contributed by atoms with Crippen LogP contribution in [0.15, 0.2) is 66.7 Å². The Balaban J connectivity index is 1.64. The number of aliphatic hydroxyl groups excluding tert-OH is 1. The lowest BCUT2D eigenvalue weighted by Gasteiger charge is -2.14. The monoisotopic (exact) mass is 319 g/mol. The van der Waals surface area contributed by atoms with E-state index < -0.39 is 6.10 Å². The molecule has 24 heavy (non-hydrogen) atoms. The molecule has 2 N–H and O–H groups in total. The van der Waals surface area contributed by atoms with Crippen LogP contribution in [-0.4, -0.2) is 17.6 Å². The van der Waals surface area contributed by atoms with E-state index in [9.17, 15) is 9.90 Å². The van der Waals surface area contributed by atoms with E-state index in [-0.39, 0.29) is 5.91 Å². The van der Waals surface area contributed by atoms with Gasteiger partial charge in [0, 0.05) is 12.1 Å². The van der Waals surface area contributed by atoms with Crippen LogP contribution in [0.3, 0.4) is 0 Å². The number of hydrogen-bond acceptors (Lipinski definition) is 2. The van der Waals surface area contributed by atoms with Gasteiger partial charge in [-0.2, -0.15) is 0 Å². The Morgan fingerprint density at radius 3 is 2.54 bits per heavy atom. The summed E-state index contributed by atoms with van der Waals surface area (Å²) in [6.07, 6.45) is -0.126. The van der Waals surface area contributed by atoms with E-state index in [4.69, 9.17) is 0 Å². The van der Waals surface area contributed by atoms with E-state index in [0.717, 1.165) is 21.9 Å². The maximum atomic E-state index is 12.2. The van der Waals surface area contributed by atoms with Gasteiger partial charge in [0.05, 0.1) is 6.10 Å². The van der Waals surface area contributed by atoms with Crippen LogP contribution in [0.1, 0.15) is 34.0 Å². The molecule has 0 unspecified atom stereocenters. The molecule has 0 aliphatic rings. The fourth-order valence-corrected chi connectivity index (χ4v) is 2.94. The van der Waals surface area contributed by atoms with Gasteiger partial charge >= 0.3 is 0 Å². The highest BCUT2D eigenvalue weighted by Gasteiger charge is 2.12. The summed E-state index contributed by atoms with van der Waals surface area (Å²) in [6.45, 7) is 2.34. The predicted octanol–water partition coefficient (Wildman–Crippen LogP) is 4.00. The van der Waals surface area contributed by atoms with Crippen molar-refractivity contribution in [2.75, 3.05) is 6.54 Å². The summed E-state index contributed by atoms with van der Waals surface area (Å²) in [7, 11) is 0. The largest absolute Gasteiger partial charge is 0.388 e. The zero-order chi connectivity index (χ0) is 16.9. The van der Waals surface area contributed by atoms with Gasteiger partial charge in [-0.3, -0.25) is 4.79 Å². The third-order valence-electron chi connectivity index (χ3n) is 4.28. The Labute approximate surface area is 142 Å². The lowest BCUT2D eigenvalue weighted by atomic mass is 9.99. The van der Waals surface area contributed by atoms with E-state index in [2.05, 4.69) is 5.32 Å². The zero-order valence-corrected chi connectivity index (χ0v) is 13.7. The molecular formula is C21H21NO2. The minimum atomic E-state index is -0.603. The van der Waals surface area contributed by atoms with Gasteiger partial charge in [-0.25, -0.2) is 0 Å². The Morgan fingerprint density at radius 2 is 1.71 bits per heavy atom. The third kappa shape index (κ3) is 3.47. The Bertz CT molecular complexity index is 852. The lowest BCUT2D eigenvalue weighted by molar-refractivity contribution is 0.0942. The van der Waals surface area contributed by atoms with Gasteiger partial charge in [0.15, 0.2) is 0 Å². The third-order valence-corrected chi connectivity index (χ3v) is 4.28. The molecule has 122 valence electrons. The first-order chi connectivity index (χ1) is 11.7. The van der Waals surface area contributed by atoms with Crippen molar-refractivity contribution < 1.29 is 9.90 Å². The molecule has 0 bridgehead atoms. The second kappa shape index (κ2) is 7.28. The average Bonchev–Trinajstić information content (AvgIpc) is 2.61. The smallest absolute Gasteiger partial charge is 0.251 e. The Kier molecular flexibility index (Phi) is 4.92. The standard InChI is InChI=1S/C21H21NO2/c1-15-7-2-4-10-17(15)21(24)22-14-13-20(23)19-12-6-9-16-8-3-5-11-18(16)19/h2-12,20,23H,13-14H2,1H3,(H,22,24)/t20-/m1/s1. The molecule has 0 aliphatic heterocycles. The number of aryl methyl sites for hydroxylation is 1. The highest BCUT2D eigenvalue weighted by Crippen LogP contribution is 2.25. The number of carbonyl (C=O) groups is 1. The molecule has 3 nitrogen and oxygen atoms in total. The minimum absolute atomic E-state index is 0.0989. The van der Waals surface area contributed by atoms with E-state index in [0.29, 0.717) is 18.5 Å². The maximum absolute atomic E-state index is 12.2. The second-order valence-corrected chi connectivity index (χ2v) is 5.94. The summed E-state index contributed by atoms with van der Waals surface area (Å²) < 4.78 is 0. The fraction of sp³-hybridized carbons (Fsp3) is 0.190. The van der Waals surface area contributed by atoms with Gasteiger partial charge in [0.1, 0.15) is 0 Å². The van der Waals surface area contributed by atoms with Crippen molar-refractivity contribution in [1.29, 1.82) is 0 Å². The first kappa shape index (κ1) is 16.2. The van der Waals surface area contributed by atoms with E-state index >= 15 is 0 Å². The summed E-state index contributed by atoms with van der Waals surface area (Å²) in [5.74, 6) is -0.0989. The summed E-state index contributed by atoms with van der Waals surface area (Å²) in [4.78, 5) is 12.2. The van der Waals surface area contributed by atoms with Crippen molar-refractivity contribution in [3.05, 3.63) is 83.4 Å². The van der Waals surface area contributed by atoms with Crippen molar-refractivity contribution in [1.82, 2.24) is 5.32 Å². The van der Waals surface area contributed by atoms with Crippen LogP contribution >= 0.6 is 0 Å². The van der Waals surface area contributed by atoms with Crippen molar-refractivity contribution in [2.24, 2.45) is 0 Å². The molecule has 1 atom stereocenters. The molecule has 0 aromatic heterocycles. The molecule has 0 saturated carbocycles. The van der Waals surface area contributed by atoms with Crippen LogP contribution in [-0.2, 0) is 0 Å². The number of amides is 1. The molecule has 3 aromatic rings. The van der Waals surface area contributed by atoms with Gasteiger partial charge in [-0.15, -0.1) is 0 Å². The van der Waals surface area contributed by atoms with Crippen molar-refractivity contribution >= 4 is 16.7 Å². The van der Waals surface area contributed by atoms with Crippen LogP contribution in [0.2, 0.25) is 0 Å². The number of benzene rings is 3. The number of carbonyl (C=O) groups excluding carboxylic acids is 1. The topological polar surface area (TPSA) is 49.3 Å². The predicted molar refractivity (Wildman–Crippen MR) is 97.0 cm³/mol. The van der Waals surface area contributed by atoms with Crippen LogP contribution in [0.5, 0.6) is 0 Å². The molecule has 3 rings (SSSR count). The molecule has 0 saturated heterocycles. The quantitative estimate of drug-likeness (QED) is 0.747. The zero-order valence-electron chi connectivity index (χ0n) is 13.7. The number of aliphatic hydroxyl groups is 1. The summed E-state index contributed by atoms with van der Waals surface area (Å²) in [6, 6.07) is 21.4. The first-order valence-electron chi connectivity index (χ1n) is 8.16. The van der Waals surface area contributed by atoms with Gasteiger partial charge < -0.3 is 10.4 Å². The van der Waals surface area contributed by atoms with Crippen molar-refractivity contribution in [2.45, 2.75) is 19.4 Å². The lowest BCUT2D eigenvalue weighted by Crippen LogP contribution is -2.26. The van der Waals surface area contributed by atoms with Gasteiger partial charge in [0.25, 0.3) is 5.91 Å². The summed E-state index contributed by atoms with van der Waals surface area (Å²) in [5.41, 5.74) is 2.53. The van der Waals surface area contributed by atoms with Gasteiger partial charge in [0.2, 0.25) is 0 Å². The van der Waals surface area contributed by atoms with E-state index in [1.165, 1.54) is 0 Å². The molecule has 0 heterocycles. The highest BCUT2D eigenvalue weighted by atomic mass is 16.3. The fourth-order valence-electron chi connectivity index (χ4n) is 2.94. The molecule has 0 spiro atoms. The summed E-state index contributed by atoms with van der Waals surface area (Å²) >= 11 is 0. The van der Waals surface area contributed by atoms with Gasteiger partial charge in [-0.05, 0) is 41.3 Å². The molecule has 0 radical (unpaired) electrons. The number of hydrogen-bond donors (Lipinski definition) is 2. The molecule has 3 aromatic carbocycles. The molecular weight excluding hydrogens is 298 g/mol. The summed E-state index contributed by atoms with van der Waals surface area (Å²) in [5, 5.41) is 15.6. The average molecular weight is 319 g/mol. The first-order valence-corrected chi connectivity index (χ1v) is 8.16. The Hall–Kier alpha value is -2.65.